The maximum Gasteiger partial charge on any atom is 0.251 e. The summed E-state index contributed by atoms with van der Waals surface area (Å²) in [5.41, 5.74) is 6.97. The van der Waals surface area contributed by atoms with Crippen molar-refractivity contribution >= 4 is 17.3 Å². The molecule has 2 aromatic rings. The van der Waals surface area contributed by atoms with E-state index in [-0.39, 0.29) is 22.8 Å². The van der Waals surface area contributed by atoms with Gasteiger partial charge < -0.3 is 15.5 Å². The summed E-state index contributed by atoms with van der Waals surface area (Å²) in [5.74, 6) is 2.24. The lowest BCUT2D eigenvalue weighted by Crippen LogP contribution is -2.52. The first kappa shape index (κ1) is 23.1. The Bertz CT molecular complexity index is 1280. The Balaban J connectivity index is 1.09. The van der Waals surface area contributed by atoms with Crippen molar-refractivity contribution < 1.29 is 4.79 Å². The lowest BCUT2D eigenvalue weighted by Gasteiger charge is -2.58. The Hall–Kier alpha value is -3.08. The first-order valence-electron chi connectivity index (χ1n) is 14.2. The highest BCUT2D eigenvalue weighted by Gasteiger charge is 2.57. The van der Waals surface area contributed by atoms with Crippen LogP contribution < -0.4 is 15.5 Å². The Labute approximate surface area is 220 Å². The van der Waals surface area contributed by atoms with Gasteiger partial charge in [0.05, 0.1) is 18.0 Å². The second-order valence-electron chi connectivity index (χ2n) is 12.5. The van der Waals surface area contributed by atoms with Gasteiger partial charge in [-0.05, 0) is 92.4 Å². The van der Waals surface area contributed by atoms with Crippen molar-refractivity contribution in [3.05, 3.63) is 77.8 Å². The molecule has 2 N–H and O–H groups in total. The Morgan fingerprint density at radius 2 is 1.81 bits per heavy atom. The molecule has 1 aliphatic heterocycles. The van der Waals surface area contributed by atoms with Crippen molar-refractivity contribution in [1.82, 2.24) is 10.3 Å². The van der Waals surface area contributed by atoms with Crippen LogP contribution in [0.4, 0.5) is 11.4 Å². The lowest BCUT2D eigenvalue weighted by molar-refractivity contribution is -0.0195. The van der Waals surface area contributed by atoms with Crippen LogP contribution in [0, 0.1) is 28.6 Å². The first-order valence-corrected chi connectivity index (χ1v) is 14.2. The van der Waals surface area contributed by atoms with Gasteiger partial charge in [-0.15, -0.1) is 0 Å². The number of hydrogen-bond donors (Lipinski definition) is 2. The van der Waals surface area contributed by atoms with E-state index in [0.29, 0.717) is 11.5 Å². The van der Waals surface area contributed by atoms with Gasteiger partial charge in [0.15, 0.2) is 0 Å². The number of nitrogens with one attached hydrogen (secondary N) is 2. The van der Waals surface area contributed by atoms with Crippen LogP contribution in [0.1, 0.15) is 69.2 Å². The van der Waals surface area contributed by atoms with Crippen LogP contribution in [0.5, 0.6) is 0 Å². The van der Waals surface area contributed by atoms with Crippen LogP contribution in [0.25, 0.3) is 0 Å². The topological polar surface area (TPSA) is 57.3 Å². The molecule has 4 aliphatic carbocycles. The van der Waals surface area contributed by atoms with Crippen molar-refractivity contribution in [2.24, 2.45) is 28.6 Å². The minimum Gasteiger partial charge on any atom is -0.366 e. The zero-order chi connectivity index (χ0) is 25.2. The largest absolute Gasteiger partial charge is 0.366 e. The van der Waals surface area contributed by atoms with Gasteiger partial charge in [-0.2, -0.15) is 0 Å². The van der Waals surface area contributed by atoms with E-state index >= 15 is 0 Å². The lowest BCUT2D eigenvalue weighted by atomic mass is 9.47. The third kappa shape index (κ3) is 3.49. The second kappa shape index (κ2) is 8.47. The third-order valence-electron chi connectivity index (χ3n) is 10.8. The van der Waals surface area contributed by atoms with Crippen molar-refractivity contribution in [3.8, 4) is 0 Å². The Morgan fingerprint density at radius 3 is 2.68 bits per heavy atom. The van der Waals surface area contributed by atoms with E-state index in [9.17, 15) is 4.79 Å². The first-order chi connectivity index (χ1) is 18.0. The number of amides is 1. The molecule has 1 aromatic carbocycles. The fraction of sp³-hybridized carbons (Fsp3) is 0.500. The standard InChI is InChI=1S/C32H38N4O/c1-31-15-11-23(35-30(37)21-13-17-33-18-14-21)19-22(31)7-8-24-25-9-10-29(32(25,2)16-12-26(24)31)36-20-34-27-5-3-4-6-28(27)36/h3-7,10,13-14,17-18,23-26,34H,8-9,11-12,15-16,19-20H2,1-2H3,(H,35,37). The number of para-hydroxylation sites is 2. The van der Waals surface area contributed by atoms with Gasteiger partial charge in [0.25, 0.3) is 5.91 Å². The van der Waals surface area contributed by atoms with E-state index < -0.39 is 0 Å². The number of benzene rings is 1. The molecular weight excluding hydrogens is 456 g/mol. The number of pyridine rings is 1. The quantitative estimate of drug-likeness (QED) is 0.477. The number of aromatic nitrogens is 1. The molecule has 5 aliphatic rings. The van der Waals surface area contributed by atoms with Crippen molar-refractivity contribution in [1.29, 1.82) is 0 Å². The Morgan fingerprint density at radius 1 is 1.00 bits per heavy atom. The average Bonchev–Trinajstić information content (AvgIpc) is 3.49. The zero-order valence-corrected chi connectivity index (χ0v) is 22.0. The van der Waals surface area contributed by atoms with Crippen molar-refractivity contribution in [2.45, 2.75) is 64.8 Å². The van der Waals surface area contributed by atoms with E-state index in [4.69, 9.17) is 0 Å². The fourth-order valence-corrected chi connectivity index (χ4v) is 8.84. The van der Waals surface area contributed by atoms with Crippen LogP contribution >= 0.6 is 0 Å². The molecule has 0 saturated heterocycles. The molecule has 0 radical (unpaired) electrons. The molecule has 5 nitrogen and oxygen atoms in total. The van der Waals surface area contributed by atoms with E-state index in [1.54, 1.807) is 35.8 Å². The molecule has 0 spiro atoms. The summed E-state index contributed by atoms with van der Waals surface area (Å²) in [6, 6.07) is 12.6. The monoisotopic (exact) mass is 494 g/mol. The van der Waals surface area contributed by atoms with E-state index in [1.807, 2.05) is 0 Å². The number of hydrogen-bond acceptors (Lipinski definition) is 4. The summed E-state index contributed by atoms with van der Waals surface area (Å²) < 4.78 is 0. The summed E-state index contributed by atoms with van der Waals surface area (Å²) in [4.78, 5) is 19.4. The van der Waals surface area contributed by atoms with Crippen LogP contribution in [0.3, 0.4) is 0 Å². The molecule has 7 rings (SSSR count). The molecule has 1 amide bonds. The number of carbonyl (C=O) groups excluding carboxylic acids is 1. The Kier molecular flexibility index (Phi) is 5.28. The summed E-state index contributed by atoms with van der Waals surface area (Å²) in [6.45, 7) is 5.99. The summed E-state index contributed by atoms with van der Waals surface area (Å²) in [6.07, 6.45) is 16.8. The average molecular weight is 495 g/mol. The van der Waals surface area contributed by atoms with E-state index in [2.05, 4.69) is 70.8 Å². The molecular formula is C32H38N4O. The number of rotatable bonds is 3. The van der Waals surface area contributed by atoms with E-state index in [0.717, 1.165) is 31.3 Å². The minimum absolute atomic E-state index is 0.0289. The number of fused-ring (bicyclic) bond motifs is 6. The molecule has 6 unspecified atom stereocenters. The minimum atomic E-state index is 0.0289. The molecule has 6 atom stereocenters. The normalized spacial score (nSPS) is 35.8. The molecule has 0 bridgehead atoms. The summed E-state index contributed by atoms with van der Waals surface area (Å²) >= 11 is 0. The number of nitrogens with zero attached hydrogens (tertiary/aromatic N) is 2. The van der Waals surface area contributed by atoms with Gasteiger partial charge in [-0.3, -0.25) is 9.78 Å². The number of anilines is 2. The van der Waals surface area contributed by atoms with Crippen LogP contribution in [0.2, 0.25) is 0 Å². The molecule has 2 fully saturated rings. The SMILES string of the molecule is CC12CCC(NC(=O)c3ccncc3)CC1=CCC1C2CCC2(C)C(N3CNc4ccccc43)=CCC12. The van der Waals surface area contributed by atoms with Crippen molar-refractivity contribution in [2.75, 3.05) is 16.9 Å². The number of carbonyl (C=O) groups is 1. The summed E-state index contributed by atoms with van der Waals surface area (Å²) in [5, 5.41) is 6.93. The van der Waals surface area contributed by atoms with Crippen LogP contribution in [-0.2, 0) is 0 Å². The molecule has 192 valence electrons. The van der Waals surface area contributed by atoms with Gasteiger partial charge in [-0.25, -0.2) is 0 Å². The zero-order valence-electron chi connectivity index (χ0n) is 22.0. The predicted octanol–water partition coefficient (Wildman–Crippen LogP) is 6.53. The van der Waals surface area contributed by atoms with Gasteiger partial charge in [0.2, 0.25) is 0 Å². The van der Waals surface area contributed by atoms with Crippen LogP contribution in [-0.4, -0.2) is 23.6 Å². The van der Waals surface area contributed by atoms with Gasteiger partial charge in [-0.1, -0.05) is 43.7 Å². The third-order valence-corrected chi connectivity index (χ3v) is 10.8. The van der Waals surface area contributed by atoms with Crippen LogP contribution in [0.15, 0.2) is 72.2 Å². The maximum atomic E-state index is 12.8. The molecule has 2 heterocycles. The highest BCUT2D eigenvalue weighted by molar-refractivity contribution is 5.94. The fourth-order valence-electron chi connectivity index (χ4n) is 8.84. The highest BCUT2D eigenvalue weighted by Crippen LogP contribution is 2.65. The molecule has 5 heteroatoms. The van der Waals surface area contributed by atoms with Gasteiger partial charge in [0, 0.05) is 35.1 Å². The molecule has 37 heavy (non-hydrogen) atoms. The van der Waals surface area contributed by atoms with Gasteiger partial charge >= 0.3 is 0 Å². The predicted molar refractivity (Wildman–Crippen MR) is 148 cm³/mol. The maximum absolute atomic E-state index is 12.8. The molecule has 1 aromatic heterocycles. The second-order valence-corrected chi connectivity index (χ2v) is 12.5. The molecule has 2 saturated carbocycles. The smallest absolute Gasteiger partial charge is 0.251 e. The van der Waals surface area contributed by atoms with Crippen molar-refractivity contribution in [3.63, 3.8) is 0 Å². The van der Waals surface area contributed by atoms with E-state index in [1.165, 1.54) is 43.5 Å². The van der Waals surface area contributed by atoms with Gasteiger partial charge in [0.1, 0.15) is 0 Å². The number of allylic oxidation sites excluding steroid dienone is 3. The highest BCUT2D eigenvalue weighted by atomic mass is 16.1. The summed E-state index contributed by atoms with van der Waals surface area (Å²) in [7, 11) is 0.